The smallest absolute Gasteiger partial charge is 0.0390 e. The average Bonchev–Trinajstić information content (AvgIpc) is 1.97. The Morgan fingerprint density at radius 3 is 1.60 bits per heavy atom. The van der Waals surface area contributed by atoms with Gasteiger partial charge in [0.2, 0.25) is 0 Å². The minimum absolute atomic E-state index is 0.915. The van der Waals surface area contributed by atoms with Crippen molar-refractivity contribution in [1.29, 1.82) is 0 Å². The van der Waals surface area contributed by atoms with Crippen molar-refractivity contribution in [2.45, 2.75) is 26.7 Å². The van der Waals surface area contributed by atoms with Gasteiger partial charge < -0.3 is 0 Å². The van der Waals surface area contributed by atoms with Crippen LogP contribution >= 0.6 is 0 Å². The third-order valence-electron chi connectivity index (χ3n) is 0.983. The standard InChI is InChI=1S/C8H16N2/c1-3-5-9-7-8-10-6-4-2/h7-8H,3-6H2,1-2H3. The zero-order valence-electron chi connectivity index (χ0n) is 6.88. The second-order valence-corrected chi connectivity index (χ2v) is 2.11. The quantitative estimate of drug-likeness (QED) is 0.521. The number of rotatable bonds is 5. The van der Waals surface area contributed by atoms with Gasteiger partial charge in [-0.2, -0.15) is 0 Å². The molecule has 2 nitrogen and oxygen atoms in total. The van der Waals surface area contributed by atoms with Gasteiger partial charge >= 0.3 is 0 Å². The molecule has 0 unspecified atom stereocenters. The molecule has 0 aromatic rings. The summed E-state index contributed by atoms with van der Waals surface area (Å²) in [5.41, 5.74) is 0. The summed E-state index contributed by atoms with van der Waals surface area (Å²) in [6.07, 6.45) is 5.77. The highest BCUT2D eigenvalue weighted by Crippen LogP contribution is 1.75. The summed E-state index contributed by atoms with van der Waals surface area (Å²) in [7, 11) is 0. The molecule has 0 bridgehead atoms. The van der Waals surface area contributed by atoms with Crippen molar-refractivity contribution in [3.8, 4) is 0 Å². The Balaban J connectivity index is 3.15. The first kappa shape index (κ1) is 9.34. The van der Waals surface area contributed by atoms with E-state index in [1.165, 1.54) is 0 Å². The fraction of sp³-hybridized carbons (Fsp3) is 0.750. The largest absolute Gasteiger partial charge is 0.292 e. The van der Waals surface area contributed by atoms with Crippen LogP contribution in [0.2, 0.25) is 0 Å². The summed E-state index contributed by atoms with van der Waals surface area (Å²) in [4.78, 5) is 8.17. The van der Waals surface area contributed by atoms with Gasteiger partial charge in [-0.05, 0) is 12.8 Å². The summed E-state index contributed by atoms with van der Waals surface area (Å²) in [6, 6.07) is 0. The first-order chi connectivity index (χ1) is 4.91. The normalized spacial score (nSPS) is 11.8. The van der Waals surface area contributed by atoms with Crippen LogP contribution in [0.5, 0.6) is 0 Å². The van der Waals surface area contributed by atoms with Crippen molar-refractivity contribution in [3.05, 3.63) is 0 Å². The van der Waals surface area contributed by atoms with E-state index in [-0.39, 0.29) is 0 Å². The van der Waals surface area contributed by atoms with Gasteiger partial charge in [-0.3, -0.25) is 9.98 Å². The summed E-state index contributed by atoms with van der Waals surface area (Å²) >= 11 is 0. The van der Waals surface area contributed by atoms with E-state index in [0.717, 1.165) is 25.9 Å². The van der Waals surface area contributed by atoms with Gasteiger partial charge in [-0.15, -0.1) is 0 Å². The second kappa shape index (κ2) is 8.34. The minimum atomic E-state index is 0.915. The molecule has 0 aliphatic carbocycles. The van der Waals surface area contributed by atoms with Crippen LogP contribution in [-0.2, 0) is 0 Å². The molecule has 0 rings (SSSR count). The Bertz CT molecular complexity index is 91.8. The fourth-order valence-electron chi connectivity index (χ4n) is 0.502. The number of aliphatic imine (C=N–C) groups is 2. The molecule has 0 spiro atoms. The summed E-state index contributed by atoms with van der Waals surface area (Å²) < 4.78 is 0. The lowest BCUT2D eigenvalue weighted by molar-refractivity contribution is 0.933. The van der Waals surface area contributed by atoms with Crippen molar-refractivity contribution in [3.63, 3.8) is 0 Å². The lowest BCUT2D eigenvalue weighted by Gasteiger charge is -1.82. The third kappa shape index (κ3) is 7.34. The van der Waals surface area contributed by atoms with Crippen LogP contribution in [0.4, 0.5) is 0 Å². The Kier molecular flexibility index (Phi) is 7.79. The van der Waals surface area contributed by atoms with E-state index in [1.807, 2.05) is 0 Å². The monoisotopic (exact) mass is 140 g/mol. The molecule has 0 atom stereocenters. The molecule has 2 heteroatoms. The van der Waals surface area contributed by atoms with Crippen LogP contribution in [0, 0.1) is 0 Å². The summed E-state index contributed by atoms with van der Waals surface area (Å²) in [5.74, 6) is 0. The Morgan fingerprint density at radius 1 is 0.900 bits per heavy atom. The number of hydrogen-bond acceptors (Lipinski definition) is 2. The molecular formula is C8H16N2. The van der Waals surface area contributed by atoms with E-state index in [4.69, 9.17) is 0 Å². The van der Waals surface area contributed by atoms with Crippen LogP contribution in [0.25, 0.3) is 0 Å². The van der Waals surface area contributed by atoms with Gasteiger partial charge in [0.05, 0.1) is 0 Å². The maximum Gasteiger partial charge on any atom is 0.0390 e. The van der Waals surface area contributed by atoms with Crippen LogP contribution < -0.4 is 0 Å². The molecular weight excluding hydrogens is 124 g/mol. The molecule has 58 valence electrons. The summed E-state index contributed by atoms with van der Waals surface area (Å²) in [5, 5.41) is 0. The van der Waals surface area contributed by atoms with Crippen molar-refractivity contribution >= 4 is 12.4 Å². The average molecular weight is 140 g/mol. The zero-order chi connectivity index (χ0) is 7.66. The number of hydrogen-bond donors (Lipinski definition) is 0. The predicted molar refractivity (Wildman–Crippen MR) is 47.3 cm³/mol. The van der Waals surface area contributed by atoms with Gasteiger partial charge in [-0.1, -0.05) is 13.8 Å². The SMILES string of the molecule is CCCN=CC=NCCC. The van der Waals surface area contributed by atoms with Crippen LogP contribution in [0.3, 0.4) is 0 Å². The van der Waals surface area contributed by atoms with E-state index in [1.54, 1.807) is 12.4 Å². The molecule has 0 fully saturated rings. The summed E-state index contributed by atoms with van der Waals surface area (Å²) in [6.45, 7) is 6.05. The topological polar surface area (TPSA) is 24.7 Å². The fourth-order valence-corrected chi connectivity index (χ4v) is 0.502. The highest BCUT2D eigenvalue weighted by Gasteiger charge is 1.71. The van der Waals surface area contributed by atoms with E-state index in [2.05, 4.69) is 23.8 Å². The van der Waals surface area contributed by atoms with Crippen molar-refractivity contribution in [1.82, 2.24) is 0 Å². The first-order valence-electron chi connectivity index (χ1n) is 3.90. The van der Waals surface area contributed by atoms with Gasteiger partial charge in [0.1, 0.15) is 0 Å². The molecule has 0 aromatic heterocycles. The molecule has 0 amide bonds. The zero-order valence-corrected chi connectivity index (χ0v) is 6.88. The second-order valence-electron chi connectivity index (χ2n) is 2.11. The molecule has 0 saturated heterocycles. The van der Waals surface area contributed by atoms with Crippen LogP contribution in [0.15, 0.2) is 9.98 Å². The molecule has 10 heavy (non-hydrogen) atoms. The van der Waals surface area contributed by atoms with Gasteiger partial charge in [0.15, 0.2) is 0 Å². The maximum atomic E-state index is 4.09. The number of nitrogens with zero attached hydrogens (tertiary/aromatic N) is 2. The molecule has 0 heterocycles. The van der Waals surface area contributed by atoms with Gasteiger partial charge in [0.25, 0.3) is 0 Å². The molecule has 0 saturated carbocycles. The van der Waals surface area contributed by atoms with Crippen LogP contribution in [-0.4, -0.2) is 25.5 Å². The highest BCUT2D eigenvalue weighted by molar-refractivity contribution is 6.15. The van der Waals surface area contributed by atoms with Crippen LogP contribution in [0.1, 0.15) is 26.7 Å². The Morgan fingerprint density at radius 2 is 1.30 bits per heavy atom. The third-order valence-corrected chi connectivity index (χ3v) is 0.983. The lowest BCUT2D eigenvalue weighted by Crippen LogP contribution is -1.82. The van der Waals surface area contributed by atoms with E-state index < -0.39 is 0 Å². The van der Waals surface area contributed by atoms with E-state index in [9.17, 15) is 0 Å². The maximum absolute atomic E-state index is 4.09. The Labute approximate surface area is 63.1 Å². The molecule has 0 aromatic carbocycles. The molecule has 0 aliphatic rings. The lowest BCUT2D eigenvalue weighted by atomic mass is 10.5. The van der Waals surface area contributed by atoms with E-state index >= 15 is 0 Å². The minimum Gasteiger partial charge on any atom is -0.292 e. The first-order valence-corrected chi connectivity index (χ1v) is 3.90. The molecule has 0 aliphatic heterocycles. The van der Waals surface area contributed by atoms with E-state index in [0.29, 0.717) is 0 Å². The Hall–Kier alpha value is -0.660. The van der Waals surface area contributed by atoms with Gasteiger partial charge in [-0.25, -0.2) is 0 Å². The van der Waals surface area contributed by atoms with Gasteiger partial charge in [0, 0.05) is 25.5 Å². The van der Waals surface area contributed by atoms with Crippen molar-refractivity contribution < 1.29 is 0 Å². The predicted octanol–water partition coefficient (Wildman–Crippen LogP) is 1.95. The van der Waals surface area contributed by atoms with Crippen molar-refractivity contribution in [2.24, 2.45) is 9.98 Å². The molecule has 0 N–H and O–H groups in total. The molecule has 0 radical (unpaired) electrons. The highest BCUT2D eigenvalue weighted by atomic mass is 14.7. The van der Waals surface area contributed by atoms with Crippen molar-refractivity contribution in [2.75, 3.05) is 13.1 Å².